The van der Waals surface area contributed by atoms with Crippen molar-refractivity contribution in [1.29, 1.82) is 0 Å². The van der Waals surface area contributed by atoms with E-state index in [1.165, 1.54) is 36.7 Å². The first-order valence-corrected chi connectivity index (χ1v) is 9.37. The minimum Gasteiger partial charge on any atom is -0.282 e. The molecule has 0 spiro atoms. The lowest BCUT2D eigenvalue weighted by atomic mass is 10.1. The Bertz CT molecular complexity index is 928. The number of hydrogen-bond acceptors (Lipinski definition) is 6. The van der Waals surface area contributed by atoms with Crippen LogP contribution in [-0.4, -0.2) is 35.9 Å². The van der Waals surface area contributed by atoms with Crippen LogP contribution in [0.25, 0.3) is 23.5 Å². The van der Waals surface area contributed by atoms with Gasteiger partial charge < -0.3 is 0 Å². The van der Waals surface area contributed by atoms with E-state index in [0.29, 0.717) is 33.3 Å². The molecule has 2 aromatic rings. The normalized spacial score (nSPS) is 12.9. The summed E-state index contributed by atoms with van der Waals surface area (Å²) in [6.45, 7) is 0. The summed E-state index contributed by atoms with van der Waals surface area (Å²) in [5.74, 6) is 0. The van der Waals surface area contributed by atoms with Crippen LogP contribution >= 0.6 is 0 Å². The standard InChI is InChI=1S/C14H12N2O6S2/c17-23(18,19)7-3-11-1-5-15-13(9-11)14-10-12(2-6-16-14)4-8-24(20,21)22/h1-10H,(H,17,18,19)(H,20,21,22)/b7-3+,8-4+. The Balaban J connectivity index is 2.36. The predicted octanol–water partition coefficient (Wildman–Crippen LogP) is 1.86. The van der Waals surface area contributed by atoms with Gasteiger partial charge in [0, 0.05) is 12.4 Å². The molecule has 2 aromatic heterocycles. The zero-order valence-electron chi connectivity index (χ0n) is 12.0. The van der Waals surface area contributed by atoms with Crippen molar-refractivity contribution >= 4 is 32.4 Å². The third kappa shape index (κ3) is 6.01. The molecule has 0 fully saturated rings. The van der Waals surface area contributed by atoms with Crippen molar-refractivity contribution in [3.05, 3.63) is 58.6 Å². The fraction of sp³-hybridized carbons (Fsp3) is 0. The topological polar surface area (TPSA) is 135 Å². The Hall–Kier alpha value is -2.40. The van der Waals surface area contributed by atoms with Gasteiger partial charge in [0.2, 0.25) is 0 Å². The maximum Gasteiger partial charge on any atom is 0.287 e. The average molecular weight is 368 g/mol. The highest BCUT2D eigenvalue weighted by molar-refractivity contribution is 7.89. The van der Waals surface area contributed by atoms with Gasteiger partial charge in [0.15, 0.2) is 0 Å². The summed E-state index contributed by atoms with van der Waals surface area (Å²) in [7, 11) is -8.47. The van der Waals surface area contributed by atoms with E-state index in [4.69, 9.17) is 9.11 Å². The number of pyridine rings is 2. The minimum absolute atomic E-state index is 0.412. The Morgan fingerprint density at radius 2 is 1.12 bits per heavy atom. The van der Waals surface area contributed by atoms with Crippen LogP contribution in [0.2, 0.25) is 0 Å². The maximum absolute atomic E-state index is 10.7. The van der Waals surface area contributed by atoms with Crippen molar-refractivity contribution in [3.63, 3.8) is 0 Å². The van der Waals surface area contributed by atoms with Gasteiger partial charge in [-0.3, -0.25) is 19.1 Å². The van der Waals surface area contributed by atoms with E-state index >= 15 is 0 Å². The molecule has 2 rings (SSSR count). The van der Waals surface area contributed by atoms with Crippen LogP contribution in [0.15, 0.2) is 47.5 Å². The van der Waals surface area contributed by atoms with Crippen molar-refractivity contribution in [2.24, 2.45) is 0 Å². The highest BCUT2D eigenvalue weighted by Gasteiger charge is 2.04. The van der Waals surface area contributed by atoms with Crippen LogP contribution in [0.5, 0.6) is 0 Å². The SMILES string of the molecule is O=S(=O)(O)/C=C/c1ccnc(-c2cc(/C=C/S(=O)(=O)O)ccn2)c1. The van der Waals surface area contributed by atoms with Crippen molar-refractivity contribution in [1.82, 2.24) is 9.97 Å². The van der Waals surface area contributed by atoms with Gasteiger partial charge >= 0.3 is 0 Å². The average Bonchev–Trinajstić information content (AvgIpc) is 2.50. The lowest BCUT2D eigenvalue weighted by Gasteiger charge is -2.02. The molecule has 0 atom stereocenters. The Morgan fingerprint density at radius 3 is 1.46 bits per heavy atom. The van der Waals surface area contributed by atoms with Crippen molar-refractivity contribution in [2.75, 3.05) is 0 Å². The molecule has 0 saturated carbocycles. The van der Waals surface area contributed by atoms with Gasteiger partial charge in [0.25, 0.3) is 20.2 Å². The van der Waals surface area contributed by atoms with Gasteiger partial charge in [-0.2, -0.15) is 16.8 Å². The molecule has 0 amide bonds. The van der Waals surface area contributed by atoms with Crippen LogP contribution in [0.3, 0.4) is 0 Å². The van der Waals surface area contributed by atoms with Crippen LogP contribution in [0.1, 0.15) is 11.1 Å². The third-order valence-corrected chi connectivity index (χ3v) is 3.66. The monoisotopic (exact) mass is 368 g/mol. The first kappa shape index (κ1) is 17.9. The molecule has 0 saturated heterocycles. The molecule has 0 aliphatic carbocycles. The number of hydrogen-bond donors (Lipinski definition) is 2. The first-order valence-electron chi connectivity index (χ1n) is 6.36. The lowest BCUT2D eigenvalue weighted by molar-refractivity contribution is 0.492. The van der Waals surface area contributed by atoms with Gasteiger partial charge in [-0.05, 0) is 47.5 Å². The fourth-order valence-electron chi connectivity index (χ4n) is 1.71. The van der Waals surface area contributed by atoms with Crippen LogP contribution in [0, 0.1) is 0 Å². The van der Waals surface area contributed by atoms with Gasteiger partial charge in [-0.25, -0.2) is 0 Å². The molecule has 0 aliphatic rings. The van der Waals surface area contributed by atoms with Gasteiger partial charge in [-0.15, -0.1) is 0 Å². The second kappa shape index (κ2) is 7.01. The molecule has 0 aromatic carbocycles. The summed E-state index contributed by atoms with van der Waals surface area (Å²) >= 11 is 0. The maximum atomic E-state index is 10.7. The number of rotatable bonds is 5. The summed E-state index contributed by atoms with van der Waals surface area (Å²) in [6, 6.07) is 6.15. The molecule has 8 nitrogen and oxygen atoms in total. The van der Waals surface area contributed by atoms with E-state index in [9.17, 15) is 16.8 Å². The molecule has 126 valence electrons. The Kier molecular flexibility index (Phi) is 5.24. The van der Waals surface area contributed by atoms with Crippen LogP contribution < -0.4 is 0 Å². The molecule has 0 bridgehead atoms. The summed E-state index contributed by atoms with van der Waals surface area (Å²) < 4.78 is 60.3. The highest BCUT2D eigenvalue weighted by atomic mass is 32.2. The second-order valence-electron chi connectivity index (χ2n) is 4.58. The number of nitrogens with zero attached hydrogens (tertiary/aromatic N) is 2. The first-order chi connectivity index (χ1) is 11.1. The zero-order valence-corrected chi connectivity index (χ0v) is 13.6. The number of aromatic nitrogens is 2. The summed E-state index contributed by atoms with van der Waals surface area (Å²) in [5, 5.41) is 1.29. The van der Waals surface area contributed by atoms with E-state index in [0.717, 1.165) is 0 Å². The van der Waals surface area contributed by atoms with E-state index in [1.54, 1.807) is 12.1 Å². The van der Waals surface area contributed by atoms with E-state index in [-0.39, 0.29) is 0 Å². The minimum atomic E-state index is -4.23. The predicted molar refractivity (Wildman–Crippen MR) is 88.6 cm³/mol. The van der Waals surface area contributed by atoms with Crippen molar-refractivity contribution < 1.29 is 25.9 Å². The molecule has 0 unspecified atom stereocenters. The Morgan fingerprint density at radius 1 is 0.750 bits per heavy atom. The van der Waals surface area contributed by atoms with Crippen LogP contribution in [0.4, 0.5) is 0 Å². The largest absolute Gasteiger partial charge is 0.287 e. The smallest absolute Gasteiger partial charge is 0.282 e. The lowest BCUT2D eigenvalue weighted by Crippen LogP contribution is -1.91. The van der Waals surface area contributed by atoms with Crippen LogP contribution in [-0.2, 0) is 20.2 Å². The molecule has 2 N–H and O–H groups in total. The van der Waals surface area contributed by atoms with Gasteiger partial charge in [0.05, 0.1) is 22.2 Å². The fourth-order valence-corrected chi connectivity index (χ4v) is 2.37. The quantitative estimate of drug-likeness (QED) is 0.764. The molecule has 0 radical (unpaired) electrons. The second-order valence-corrected chi connectivity index (χ2v) is 7.19. The van der Waals surface area contributed by atoms with Gasteiger partial charge in [0.1, 0.15) is 0 Å². The van der Waals surface area contributed by atoms with Crippen molar-refractivity contribution in [2.45, 2.75) is 0 Å². The van der Waals surface area contributed by atoms with E-state index < -0.39 is 20.2 Å². The molecule has 24 heavy (non-hydrogen) atoms. The van der Waals surface area contributed by atoms with Crippen molar-refractivity contribution in [3.8, 4) is 11.4 Å². The molecular weight excluding hydrogens is 356 g/mol. The summed E-state index contributed by atoms with van der Waals surface area (Å²) in [4.78, 5) is 8.21. The highest BCUT2D eigenvalue weighted by Crippen LogP contribution is 2.18. The summed E-state index contributed by atoms with van der Waals surface area (Å²) in [6.07, 6.45) is 5.26. The van der Waals surface area contributed by atoms with E-state index in [2.05, 4.69) is 9.97 Å². The van der Waals surface area contributed by atoms with E-state index in [1.807, 2.05) is 0 Å². The molecular formula is C14H12N2O6S2. The molecule has 2 heterocycles. The molecule has 10 heteroatoms. The summed E-state index contributed by atoms with van der Waals surface area (Å²) in [5.41, 5.74) is 1.76. The molecule has 0 aliphatic heterocycles. The Labute approximate surface area is 138 Å². The van der Waals surface area contributed by atoms with Gasteiger partial charge in [-0.1, -0.05) is 0 Å². The zero-order chi connectivity index (χ0) is 17.8. The third-order valence-electron chi connectivity index (χ3n) is 2.70.